The molecule has 1 aromatic heterocycles. The van der Waals surface area contributed by atoms with Gasteiger partial charge in [0.05, 0.1) is 6.04 Å². The molecule has 1 aliphatic rings. The number of aromatic nitrogens is 2. The number of para-hydroxylation sites is 1. The Balaban J connectivity index is 1.78. The quantitative estimate of drug-likeness (QED) is 0.866. The van der Waals surface area contributed by atoms with Crippen molar-refractivity contribution in [3.63, 3.8) is 0 Å². The van der Waals surface area contributed by atoms with Gasteiger partial charge in [0.1, 0.15) is 18.0 Å². The van der Waals surface area contributed by atoms with Crippen molar-refractivity contribution in [1.82, 2.24) is 15.3 Å². The number of anilines is 1. The van der Waals surface area contributed by atoms with E-state index in [1.54, 1.807) is 31.9 Å². The number of carbonyl (C=O) groups is 2. The van der Waals surface area contributed by atoms with Gasteiger partial charge in [-0.15, -0.1) is 0 Å². The Morgan fingerprint density at radius 2 is 2.07 bits per heavy atom. The third kappa shape index (κ3) is 4.30. The first kappa shape index (κ1) is 18.9. The summed E-state index contributed by atoms with van der Waals surface area (Å²) < 4.78 is 5.21. The summed E-state index contributed by atoms with van der Waals surface area (Å²) in [7, 11) is 0. The number of H-pyrrole nitrogens is 1. The van der Waals surface area contributed by atoms with E-state index in [1.807, 2.05) is 31.2 Å². The molecule has 0 aliphatic carbocycles. The van der Waals surface area contributed by atoms with Crippen LogP contribution in [0.5, 0.6) is 0 Å². The molecule has 0 saturated heterocycles. The number of rotatable bonds is 4. The van der Waals surface area contributed by atoms with E-state index in [9.17, 15) is 9.59 Å². The van der Waals surface area contributed by atoms with Crippen LogP contribution in [-0.4, -0.2) is 34.1 Å². The molecular weight excluding hydrogens is 344 g/mol. The summed E-state index contributed by atoms with van der Waals surface area (Å²) in [6.45, 7) is 7.26. The Labute approximate surface area is 159 Å². The number of nitrogens with zero attached hydrogens (tertiary/aromatic N) is 2. The second-order valence-electron chi connectivity index (χ2n) is 7.62. The Morgan fingerprint density at radius 3 is 2.74 bits per heavy atom. The number of ether oxygens (including phenoxy) is 1. The van der Waals surface area contributed by atoms with Crippen LogP contribution in [0, 0.1) is 0 Å². The molecule has 3 rings (SSSR count). The molecule has 1 aromatic carbocycles. The lowest BCUT2D eigenvalue weighted by molar-refractivity contribution is -0.118. The molecule has 27 heavy (non-hydrogen) atoms. The average Bonchev–Trinajstić information content (AvgIpc) is 3.22. The number of hydrogen-bond acceptors (Lipinski definition) is 4. The van der Waals surface area contributed by atoms with Gasteiger partial charge in [-0.05, 0) is 38.8 Å². The van der Waals surface area contributed by atoms with Crippen LogP contribution in [0.15, 0.2) is 30.5 Å². The Bertz CT molecular complexity index is 838. The van der Waals surface area contributed by atoms with E-state index < -0.39 is 11.7 Å². The number of amides is 2. The zero-order chi connectivity index (χ0) is 19.6. The van der Waals surface area contributed by atoms with Crippen molar-refractivity contribution in [3.05, 3.63) is 47.5 Å². The van der Waals surface area contributed by atoms with Crippen molar-refractivity contribution >= 4 is 17.7 Å². The van der Waals surface area contributed by atoms with Crippen molar-refractivity contribution in [2.24, 2.45) is 0 Å². The highest BCUT2D eigenvalue weighted by molar-refractivity contribution is 5.98. The first-order valence-electron chi connectivity index (χ1n) is 9.19. The van der Waals surface area contributed by atoms with Gasteiger partial charge in [-0.1, -0.05) is 25.1 Å². The van der Waals surface area contributed by atoms with Gasteiger partial charge in [-0.3, -0.25) is 9.69 Å². The highest BCUT2D eigenvalue weighted by Gasteiger charge is 2.36. The lowest BCUT2D eigenvalue weighted by Gasteiger charge is -2.25. The summed E-state index contributed by atoms with van der Waals surface area (Å²) in [4.78, 5) is 34.3. The molecule has 0 saturated carbocycles. The molecule has 144 valence electrons. The first-order valence-corrected chi connectivity index (χ1v) is 9.19. The van der Waals surface area contributed by atoms with E-state index >= 15 is 0 Å². The molecule has 0 fully saturated rings. The smallest absolute Gasteiger partial charge is 0.408 e. The summed E-state index contributed by atoms with van der Waals surface area (Å²) in [6, 6.07) is 7.59. The normalized spacial score (nSPS) is 16.1. The molecule has 2 heterocycles. The highest BCUT2D eigenvalue weighted by Crippen LogP contribution is 2.39. The van der Waals surface area contributed by atoms with Crippen molar-refractivity contribution in [2.75, 3.05) is 11.4 Å². The highest BCUT2D eigenvalue weighted by atomic mass is 16.6. The Kier molecular flexibility index (Phi) is 5.21. The topological polar surface area (TPSA) is 87.3 Å². The monoisotopic (exact) mass is 370 g/mol. The van der Waals surface area contributed by atoms with Crippen molar-refractivity contribution in [3.8, 4) is 0 Å². The summed E-state index contributed by atoms with van der Waals surface area (Å²) in [5.41, 5.74) is 2.36. The second kappa shape index (κ2) is 7.42. The lowest BCUT2D eigenvalue weighted by Crippen LogP contribution is -2.42. The number of benzene rings is 1. The van der Waals surface area contributed by atoms with E-state index in [-0.39, 0.29) is 18.5 Å². The maximum atomic E-state index is 13.0. The van der Waals surface area contributed by atoms with Crippen LogP contribution in [0.25, 0.3) is 0 Å². The van der Waals surface area contributed by atoms with Crippen molar-refractivity contribution in [2.45, 2.75) is 52.2 Å². The molecule has 7 heteroatoms. The van der Waals surface area contributed by atoms with E-state index in [1.165, 1.54) is 0 Å². The maximum Gasteiger partial charge on any atom is 0.408 e. The third-order valence-corrected chi connectivity index (χ3v) is 4.37. The largest absolute Gasteiger partial charge is 0.444 e. The molecule has 2 amide bonds. The third-order valence-electron chi connectivity index (χ3n) is 4.37. The summed E-state index contributed by atoms with van der Waals surface area (Å²) in [5.74, 6) is 0.555. The molecule has 1 aliphatic heterocycles. The number of imidazole rings is 1. The predicted octanol–water partition coefficient (Wildman–Crippen LogP) is 3.13. The number of aromatic amines is 1. The Hall–Kier alpha value is -2.83. The van der Waals surface area contributed by atoms with Crippen molar-refractivity contribution in [1.29, 1.82) is 0 Å². The van der Waals surface area contributed by atoms with Gasteiger partial charge in [0.15, 0.2) is 0 Å². The zero-order valence-corrected chi connectivity index (χ0v) is 16.2. The fourth-order valence-electron chi connectivity index (χ4n) is 3.19. The van der Waals surface area contributed by atoms with Crippen LogP contribution in [0.1, 0.15) is 50.8 Å². The van der Waals surface area contributed by atoms with E-state index in [2.05, 4.69) is 15.3 Å². The minimum Gasteiger partial charge on any atom is -0.444 e. The first-order chi connectivity index (χ1) is 12.8. The zero-order valence-electron chi connectivity index (χ0n) is 16.2. The van der Waals surface area contributed by atoms with Crippen LogP contribution in [0.2, 0.25) is 0 Å². The molecule has 7 nitrogen and oxygen atoms in total. The standard InChI is InChI=1S/C20H26N4O3/c1-5-14-11-21-18(23-14)16-10-13-8-6-7-9-15(13)24(16)17(25)12-22-19(26)27-20(2,3)4/h6-9,11,16H,5,10,12H2,1-4H3,(H,21,23)(H,22,26). The fraction of sp³-hybridized carbons (Fsp3) is 0.450. The number of carbonyl (C=O) groups excluding carboxylic acids is 2. The number of alkyl carbamates (subject to hydrolysis) is 1. The average molecular weight is 370 g/mol. The molecule has 1 unspecified atom stereocenters. The molecule has 2 aromatic rings. The van der Waals surface area contributed by atoms with E-state index in [0.717, 1.165) is 29.2 Å². The predicted molar refractivity (Wildman–Crippen MR) is 103 cm³/mol. The summed E-state index contributed by atoms with van der Waals surface area (Å²) >= 11 is 0. The lowest BCUT2D eigenvalue weighted by atomic mass is 10.1. The fourth-order valence-corrected chi connectivity index (χ4v) is 3.19. The molecule has 0 radical (unpaired) electrons. The number of hydrogen-bond donors (Lipinski definition) is 2. The molecule has 1 atom stereocenters. The van der Waals surface area contributed by atoms with Gasteiger partial charge >= 0.3 is 6.09 Å². The van der Waals surface area contributed by atoms with Crippen LogP contribution in [0.3, 0.4) is 0 Å². The molecule has 0 spiro atoms. The summed E-state index contributed by atoms with van der Waals surface area (Å²) in [5, 5.41) is 2.55. The van der Waals surface area contributed by atoms with Crippen molar-refractivity contribution < 1.29 is 14.3 Å². The number of fused-ring (bicyclic) bond motifs is 1. The van der Waals surface area contributed by atoms with E-state index in [4.69, 9.17) is 4.74 Å². The maximum absolute atomic E-state index is 13.0. The van der Waals surface area contributed by atoms with Crippen LogP contribution in [-0.2, 0) is 22.4 Å². The van der Waals surface area contributed by atoms with Crippen LogP contribution in [0.4, 0.5) is 10.5 Å². The number of aryl methyl sites for hydroxylation is 1. The van der Waals surface area contributed by atoms with Gasteiger partial charge < -0.3 is 15.0 Å². The summed E-state index contributed by atoms with van der Waals surface area (Å²) in [6.07, 6.45) is 2.73. The van der Waals surface area contributed by atoms with Gasteiger partial charge in [0.2, 0.25) is 5.91 Å². The second-order valence-corrected chi connectivity index (χ2v) is 7.62. The molecular formula is C20H26N4O3. The molecule has 0 bridgehead atoms. The van der Waals surface area contributed by atoms with Gasteiger partial charge in [0, 0.05) is 24.0 Å². The minimum atomic E-state index is -0.610. The van der Waals surface area contributed by atoms with Crippen LogP contribution >= 0.6 is 0 Å². The Morgan fingerprint density at radius 1 is 1.33 bits per heavy atom. The van der Waals surface area contributed by atoms with Gasteiger partial charge in [0.25, 0.3) is 0 Å². The minimum absolute atomic E-state index is 0.138. The van der Waals surface area contributed by atoms with E-state index in [0.29, 0.717) is 6.42 Å². The molecule has 2 N–H and O–H groups in total. The number of nitrogens with one attached hydrogen (secondary N) is 2. The van der Waals surface area contributed by atoms with Gasteiger partial charge in [-0.2, -0.15) is 0 Å². The van der Waals surface area contributed by atoms with Gasteiger partial charge in [-0.25, -0.2) is 9.78 Å². The van der Waals surface area contributed by atoms with Crippen LogP contribution < -0.4 is 10.2 Å². The SMILES string of the molecule is CCc1cnc(C2Cc3ccccc3N2C(=O)CNC(=O)OC(C)(C)C)[nH]1.